The molecule has 0 radical (unpaired) electrons. The van der Waals surface area contributed by atoms with Crippen LogP contribution in [-0.4, -0.2) is 12.6 Å². The molecule has 1 aromatic carbocycles. The Morgan fingerprint density at radius 1 is 1.15 bits per heavy atom. The molecule has 110 valence electrons. The van der Waals surface area contributed by atoms with Gasteiger partial charge in [-0.25, -0.2) is 4.79 Å². The summed E-state index contributed by atoms with van der Waals surface area (Å²) in [5, 5.41) is 0.690. The summed E-state index contributed by atoms with van der Waals surface area (Å²) < 4.78 is 5.33. The highest BCUT2D eigenvalue weighted by Gasteiger charge is 2.13. The summed E-state index contributed by atoms with van der Waals surface area (Å²) in [6.45, 7) is 8.68. The molecular weight excluding hydrogens is 272 g/mol. The summed E-state index contributed by atoms with van der Waals surface area (Å²) in [4.78, 5) is 12.1. The first-order chi connectivity index (χ1) is 9.38. The molecule has 0 saturated heterocycles. The van der Waals surface area contributed by atoms with E-state index in [2.05, 4.69) is 13.8 Å². The van der Waals surface area contributed by atoms with Crippen LogP contribution in [0.2, 0.25) is 5.02 Å². The highest BCUT2D eigenvalue weighted by Crippen LogP contribution is 2.18. The van der Waals surface area contributed by atoms with Crippen LogP contribution in [0.5, 0.6) is 0 Å². The lowest BCUT2D eigenvalue weighted by Gasteiger charge is -2.12. The van der Waals surface area contributed by atoms with Crippen molar-refractivity contribution in [3.8, 4) is 0 Å². The van der Waals surface area contributed by atoms with Gasteiger partial charge in [0, 0.05) is 10.6 Å². The molecule has 0 aliphatic carbocycles. The van der Waals surface area contributed by atoms with Gasteiger partial charge >= 0.3 is 5.97 Å². The summed E-state index contributed by atoms with van der Waals surface area (Å²) in [5.74, 6) is 0.525. The van der Waals surface area contributed by atoms with Gasteiger partial charge in [-0.2, -0.15) is 0 Å². The Balaban J connectivity index is 2.87. The Morgan fingerprint density at radius 3 is 2.25 bits per heavy atom. The van der Waals surface area contributed by atoms with E-state index in [-0.39, 0.29) is 5.97 Å². The molecule has 0 heterocycles. The molecule has 0 amide bonds. The molecule has 3 heteroatoms. The van der Waals surface area contributed by atoms with E-state index in [1.807, 2.05) is 44.2 Å². The van der Waals surface area contributed by atoms with E-state index in [0.717, 1.165) is 5.56 Å². The maximum atomic E-state index is 12.1. The van der Waals surface area contributed by atoms with Crippen molar-refractivity contribution in [3.63, 3.8) is 0 Å². The zero-order chi connectivity index (χ0) is 15.1. The van der Waals surface area contributed by atoms with Crippen LogP contribution in [0.1, 0.15) is 39.7 Å². The molecule has 0 N–H and O–H groups in total. The van der Waals surface area contributed by atoms with Gasteiger partial charge in [-0.15, -0.1) is 0 Å². The minimum absolute atomic E-state index is 0.220. The first-order valence-corrected chi connectivity index (χ1v) is 7.39. The highest BCUT2D eigenvalue weighted by atomic mass is 35.5. The molecule has 2 nitrogen and oxygen atoms in total. The molecule has 1 aromatic rings. The predicted molar refractivity (Wildman–Crippen MR) is 84.7 cm³/mol. The molecular formula is C17H23ClO2. The molecule has 20 heavy (non-hydrogen) atoms. The number of carbonyl (C=O) groups excluding carboxylic acids is 1. The quantitative estimate of drug-likeness (QED) is 0.547. The minimum Gasteiger partial charge on any atom is -0.462 e. The van der Waals surface area contributed by atoms with Crippen molar-refractivity contribution >= 4 is 23.6 Å². The van der Waals surface area contributed by atoms with E-state index in [4.69, 9.17) is 16.3 Å². The Labute approximate surface area is 126 Å². The standard InChI is InChI=1S/C17H23ClO2/c1-12(2)9-15(17(19)20-11-13(3)4)10-14-5-7-16(18)8-6-14/h5-8,10,12-13H,9,11H2,1-4H3. The fourth-order valence-electron chi connectivity index (χ4n) is 1.74. The van der Waals surface area contributed by atoms with E-state index in [9.17, 15) is 4.79 Å². The Morgan fingerprint density at radius 2 is 1.75 bits per heavy atom. The van der Waals surface area contributed by atoms with Gasteiger partial charge in [-0.1, -0.05) is 51.4 Å². The van der Waals surface area contributed by atoms with Gasteiger partial charge in [0.15, 0.2) is 0 Å². The lowest BCUT2D eigenvalue weighted by Crippen LogP contribution is -2.13. The molecule has 1 rings (SSSR count). The smallest absolute Gasteiger partial charge is 0.334 e. The fraction of sp³-hybridized carbons (Fsp3) is 0.471. The lowest BCUT2D eigenvalue weighted by atomic mass is 10.0. The van der Waals surface area contributed by atoms with Gasteiger partial charge in [0.1, 0.15) is 0 Å². The van der Waals surface area contributed by atoms with Gasteiger partial charge in [-0.05, 0) is 42.0 Å². The second kappa shape index (κ2) is 8.11. The molecule has 0 bridgehead atoms. The summed E-state index contributed by atoms with van der Waals surface area (Å²) in [7, 11) is 0. The van der Waals surface area contributed by atoms with Crippen molar-refractivity contribution in [1.29, 1.82) is 0 Å². The van der Waals surface area contributed by atoms with Gasteiger partial charge < -0.3 is 4.74 Å². The van der Waals surface area contributed by atoms with Crippen LogP contribution in [-0.2, 0) is 9.53 Å². The minimum atomic E-state index is -0.220. The first kappa shape index (κ1) is 16.8. The fourth-order valence-corrected chi connectivity index (χ4v) is 1.86. The molecule has 0 unspecified atom stereocenters. The van der Waals surface area contributed by atoms with Crippen LogP contribution >= 0.6 is 11.6 Å². The van der Waals surface area contributed by atoms with Crippen LogP contribution < -0.4 is 0 Å². The maximum Gasteiger partial charge on any atom is 0.334 e. The zero-order valence-corrected chi connectivity index (χ0v) is 13.4. The Kier molecular flexibility index (Phi) is 6.80. The van der Waals surface area contributed by atoms with Crippen molar-refractivity contribution < 1.29 is 9.53 Å². The van der Waals surface area contributed by atoms with Crippen LogP contribution in [0.3, 0.4) is 0 Å². The van der Waals surface area contributed by atoms with Crippen molar-refractivity contribution in [2.75, 3.05) is 6.61 Å². The average Bonchev–Trinajstić information content (AvgIpc) is 2.37. The summed E-state index contributed by atoms with van der Waals surface area (Å²) in [5.41, 5.74) is 1.68. The second-order valence-electron chi connectivity index (χ2n) is 5.81. The van der Waals surface area contributed by atoms with Crippen molar-refractivity contribution in [2.45, 2.75) is 34.1 Å². The second-order valence-corrected chi connectivity index (χ2v) is 6.25. The number of benzene rings is 1. The largest absolute Gasteiger partial charge is 0.462 e. The van der Waals surface area contributed by atoms with Crippen LogP contribution in [0.25, 0.3) is 6.08 Å². The van der Waals surface area contributed by atoms with Crippen LogP contribution in [0, 0.1) is 11.8 Å². The van der Waals surface area contributed by atoms with Crippen molar-refractivity contribution in [3.05, 3.63) is 40.4 Å². The number of ether oxygens (including phenoxy) is 1. The molecule has 0 aliphatic heterocycles. The third-order valence-corrected chi connectivity index (χ3v) is 2.90. The molecule has 0 spiro atoms. The SMILES string of the molecule is CC(C)COC(=O)C(=Cc1ccc(Cl)cc1)CC(C)C. The van der Waals surface area contributed by atoms with E-state index in [1.54, 1.807) is 0 Å². The summed E-state index contributed by atoms with van der Waals surface area (Å²) >= 11 is 5.87. The first-order valence-electron chi connectivity index (χ1n) is 7.01. The maximum absolute atomic E-state index is 12.1. The highest BCUT2D eigenvalue weighted by molar-refractivity contribution is 6.30. The molecule has 0 aliphatic rings. The Hall–Kier alpha value is -1.28. The predicted octanol–water partition coefficient (Wildman–Crippen LogP) is 4.97. The van der Waals surface area contributed by atoms with E-state index in [0.29, 0.717) is 35.5 Å². The molecule has 0 atom stereocenters. The zero-order valence-electron chi connectivity index (χ0n) is 12.7. The van der Waals surface area contributed by atoms with E-state index >= 15 is 0 Å². The topological polar surface area (TPSA) is 26.3 Å². The number of carbonyl (C=O) groups is 1. The molecule has 0 aromatic heterocycles. The monoisotopic (exact) mass is 294 g/mol. The van der Waals surface area contributed by atoms with E-state index in [1.165, 1.54) is 0 Å². The number of halogens is 1. The number of rotatable bonds is 6. The van der Waals surface area contributed by atoms with Crippen molar-refractivity contribution in [2.24, 2.45) is 11.8 Å². The van der Waals surface area contributed by atoms with Crippen molar-refractivity contribution in [1.82, 2.24) is 0 Å². The van der Waals surface area contributed by atoms with E-state index < -0.39 is 0 Å². The van der Waals surface area contributed by atoms with Gasteiger partial charge in [0.25, 0.3) is 0 Å². The van der Waals surface area contributed by atoms with Gasteiger partial charge in [0.2, 0.25) is 0 Å². The average molecular weight is 295 g/mol. The third kappa shape index (κ3) is 6.25. The normalized spacial score (nSPS) is 12.1. The number of hydrogen-bond donors (Lipinski definition) is 0. The third-order valence-electron chi connectivity index (χ3n) is 2.65. The number of hydrogen-bond acceptors (Lipinski definition) is 2. The molecule has 0 saturated carbocycles. The Bertz CT molecular complexity index is 458. The van der Waals surface area contributed by atoms with Gasteiger partial charge in [-0.3, -0.25) is 0 Å². The molecule has 0 fully saturated rings. The summed E-state index contributed by atoms with van der Waals surface area (Å²) in [6.07, 6.45) is 2.60. The lowest BCUT2D eigenvalue weighted by molar-refractivity contribution is -0.140. The van der Waals surface area contributed by atoms with Crippen LogP contribution in [0.4, 0.5) is 0 Å². The van der Waals surface area contributed by atoms with Gasteiger partial charge in [0.05, 0.1) is 6.61 Å². The van der Waals surface area contributed by atoms with Crippen LogP contribution in [0.15, 0.2) is 29.8 Å². The summed E-state index contributed by atoms with van der Waals surface area (Å²) in [6, 6.07) is 7.44. The number of esters is 1.